The smallest absolute Gasteiger partial charge is 0.142 e. The van der Waals surface area contributed by atoms with Gasteiger partial charge in [0.05, 0.1) is 0 Å². The lowest BCUT2D eigenvalue weighted by molar-refractivity contribution is 0.550. The summed E-state index contributed by atoms with van der Waals surface area (Å²) in [7, 11) is 1.69. The van der Waals surface area contributed by atoms with Gasteiger partial charge in [-0.2, -0.15) is 0 Å². The van der Waals surface area contributed by atoms with Crippen LogP contribution in [0.5, 0.6) is 5.75 Å². The molecule has 0 amide bonds. The highest BCUT2D eigenvalue weighted by atomic mass is 33.4. The Kier molecular flexibility index (Phi) is 24.8. The minimum absolute atomic E-state index is 0.00556. The molecule has 0 aliphatic heterocycles. The third-order valence-corrected chi connectivity index (χ3v) is 11.6. The molecular formula is C30H55OPS3. The first-order valence-electron chi connectivity index (χ1n) is 14.9. The van der Waals surface area contributed by atoms with Crippen molar-refractivity contribution in [3.05, 3.63) is 29.3 Å². The summed E-state index contributed by atoms with van der Waals surface area (Å²) in [5.41, 5.74) is 2.99. The van der Waals surface area contributed by atoms with E-state index in [9.17, 15) is 0 Å². The summed E-state index contributed by atoms with van der Waals surface area (Å²) in [5.74, 6) is 1.09. The van der Waals surface area contributed by atoms with Crippen LogP contribution in [0.1, 0.15) is 153 Å². The molecule has 0 radical (unpaired) electrons. The first kappa shape index (κ1) is 33.4. The fraction of sp³-hybridized carbons (Fsp3) is 0.800. The highest BCUT2D eigenvalue weighted by molar-refractivity contribution is 8.97. The summed E-state index contributed by atoms with van der Waals surface area (Å²) in [6.45, 7) is 4.59. The molecular weight excluding hydrogens is 504 g/mol. The molecule has 0 saturated carbocycles. The molecule has 0 aromatic heterocycles. The monoisotopic (exact) mass is 558 g/mol. The zero-order chi connectivity index (χ0) is 25.2. The molecule has 0 bridgehead atoms. The zero-order valence-electron chi connectivity index (χ0n) is 23.0. The Balaban J connectivity index is 2.36. The molecule has 1 unspecified atom stereocenters. The van der Waals surface area contributed by atoms with Gasteiger partial charge in [0.2, 0.25) is 0 Å². The first-order valence-corrected chi connectivity index (χ1v) is 20.3. The van der Waals surface area contributed by atoms with Crippen molar-refractivity contribution < 1.29 is 4.18 Å². The first-order chi connectivity index (χ1) is 17.3. The van der Waals surface area contributed by atoms with E-state index in [1.54, 1.807) is 10.4 Å². The van der Waals surface area contributed by atoms with E-state index >= 15 is 0 Å². The van der Waals surface area contributed by atoms with Crippen LogP contribution in [-0.2, 0) is 24.6 Å². The largest absolute Gasteiger partial charge is 0.414 e. The van der Waals surface area contributed by atoms with E-state index < -0.39 is 0 Å². The van der Waals surface area contributed by atoms with Crippen LogP contribution in [0, 0.1) is 0 Å². The normalized spacial score (nSPS) is 11.6. The van der Waals surface area contributed by atoms with Gasteiger partial charge in [0.1, 0.15) is 16.8 Å². The van der Waals surface area contributed by atoms with Crippen molar-refractivity contribution in [3.8, 4) is 5.75 Å². The minimum Gasteiger partial charge on any atom is -0.414 e. The summed E-state index contributed by atoms with van der Waals surface area (Å²) in [6.07, 6.45) is 30.2. The average Bonchev–Trinajstić information content (AvgIpc) is 2.87. The Morgan fingerprint density at radius 2 is 1.09 bits per heavy atom. The zero-order valence-corrected chi connectivity index (χ0v) is 26.6. The Hall–Kier alpha value is 0.370. The molecule has 35 heavy (non-hydrogen) atoms. The van der Waals surface area contributed by atoms with Gasteiger partial charge in [0.25, 0.3) is 0 Å². The highest BCUT2D eigenvalue weighted by Gasteiger charge is 2.10. The number of hydrogen-bond acceptors (Lipinski definition) is 4. The number of aryl methyl sites for hydroxylation is 1. The molecule has 0 saturated heterocycles. The van der Waals surface area contributed by atoms with E-state index in [0.29, 0.717) is 0 Å². The summed E-state index contributed by atoms with van der Waals surface area (Å²) in [4.78, 5) is 0. The third-order valence-electron chi connectivity index (χ3n) is 7.01. The van der Waals surface area contributed by atoms with E-state index in [1.807, 2.05) is 0 Å². The van der Waals surface area contributed by atoms with Gasteiger partial charge in [-0.15, -0.1) is 0 Å². The maximum Gasteiger partial charge on any atom is 0.142 e. The Labute approximate surface area is 233 Å². The number of unbranched alkanes of at least 4 members (excludes halogenated alkanes) is 18. The number of rotatable bonds is 26. The van der Waals surface area contributed by atoms with Crippen LogP contribution in [0.15, 0.2) is 18.2 Å². The van der Waals surface area contributed by atoms with E-state index in [2.05, 4.69) is 32.0 Å². The lowest BCUT2D eigenvalue weighted by Crippen LogP contribution is -1.99. The van der Waals surface area contributed by atoms with E-state index in [0.717, 1.165) is 12.2 Å². The molecule has 0 aliphatic carbocycles. The van der Waals surface area contributed by atoms with Gasteiger partial charge < -0.3 is 4.18 Å². The van der Waals surface area contributed by atoms with Crippen LogP contribution in [0.3, 0.4) is 0 Å². The van der Waals surface area contributed by atoms with Crippen LogP contribution >= 0.6 is 28.0 Å². The maximum absolute atomic E-state index is 6.09. The Bertz CT molecular complexity index is 611. The van der Waals surface area contributed by atoms with Gasteiger partial charge in [0, 0.05) is 0 Å². The Morgan fingerprint density at radius 1 is 0.629 bits per heavy atom. The van der Waals surface area contributed by atoms with Crippen molar-refractivity contribution in [1.29, 1.82) is 0 Å². The molecule has 1 aromatic rings. The molecule has 0 spiro atoms. The summed E-state index contributed by atoms with van der Waals surface area (Å²) in [5, 5.41) is 0. The number of hydrogen-bond donors (Lipinski definition) is 0. The fourth-order valence-electron chi connectivity index (χ4n) is 4.87. The van der Waals surface area contributed by atoms with Crippen molar-refractivity contribution in [3.63, 3.8) is 0 Å². The summed E-state index contributed by atoms with van der Waals surface area (Å²) in [6, 6.07) is 6.71. The van der Waals surface area contributed by atoms with Crippen molar-refractivity contribution >= 4 is 39.9 Å². The van der Waals surface area contributed by atoms with Crippen LogP contribution in [-0.4, -0.2) is 0 Å². The van der Waals surface area contributed by atoms with Gasteiger partial charge in [-0.3, -0.25) is 0 Å². The molecule has 0 aliphatic rings. The molecule has 1 aromatic carbocycles. The predicted molar refractivity (Wildman–Crippen MR) is 170 cm³/mol. The van der Waals surface area contributed by atoms with Gasteiger partial charge in [-0.05, 0) is 59.8 Å². The standard InChI is InChI=1S/C30H55OPS3/c1-3-5-7-9-11-13-15-17-19-21-24-28-25-23-27-30(31-34-35-32-33)29(28)26-22-20-18-16-14-12-10-8-6-4-2/h23,25,27H,3-22,24,26,32H2,1-2H3. The summed E-state index contributed by atoms with van der Waals surface area (Å²) >= 11 is 6.63. The van der Waals surface area contributed by atoms with Gasteiger partial charge >= 0.3 is 0 Å². The second kappa shape index (κ2) is 26.0. The van der Waals surface area contributed by atoms with Crippen molar-refractivity contribution in [2.75, 3.05) is 0 Å². The van der Waals surface area contributed by atoms with E-state index in [-0.39, 0.29) is 6.56 Å². The highest BCUT2D eigenvalue weighted by Crippen LogP contribution is 2.37. The molecule has 0 fully saturated rings. The third kappa shape index (κ3) is 19.1. The van der Waals surface area contributed by atoms with Gasteiger partial charge in [-0.25, -0.2) is 0 Å². The SMILES string of the molecule is CCCCCCCCCCCCc1cccc(OSS[PH2]=S)c1CCCCCCCCCCCC. The second-order valence-electron chi connectivity index (χ2n) is 10.1. The van der Waals surface area contributed by atoms with E-state index in [4.69, 9.17) is 16.0 Å². The van der Waals surface area contributed by atoms with Gasteiger partial charge in [0.15, 0.2) is 0 Å². The van der Waals surface area contributed by atoms with Gasteiger partial charge in [-0.1, -0.05) is 153 Å². The van der Waals surface area contributed by atoms with Crippen LogP contribution < -0.4 is 4.18 Å². The molecule has 204 valence electrons. The van der Waals surface area contributed by atoms with Crippen molar-refractivity contribution in [2.45, 2.75) is 155 Å². The molecule has 1 rings (SSSR count). The Morgan fingerprint density at radius 3 is 1.57 bits per heavy atom. The summed E-state index contributed by atoms with van der Waals surface area (Å²) < 4.78 is 6.09. The quantitative estimate of drug-likeness (QED) is 0.0483. The molecule has 5 heteroatoms. The number of benzene rings is 1. The van der Waals surface area contributed by atoms with E-state index in [1.165, 1.54) is 157 Å². The molecule has 1 atom stereocenters. The lowest BCUT2D eigenvalue weighted by Gasteiger charge is -2.14. The minimum atomic E-state index is -0.00556. The molecule has 0 N–H and O–H groups in total. The molecule has 0 heterocycles. The second-order valence-corrected chi connectivity index (χ2v) is 15.8. The maximum atomic E-state index is 6.09. The van der Waals surface area contributed by atoms with Crippen molar-refractivity contribution in [1.82, 2.24) is 0 Å². The lowest BCUT2D eigenvalue weighted by atomic mass is 9.95. The fourth-order valence-corrected chi connectivity index (χ4v) is 7.11. The molecule has 1 nitrogen and oxygen atoms in total. The predicted octanol–water partition coefficient (Wildman–Crippen LogP) is 12.1. The van der Waals surface area contributed by atoms with Crippen molar-refractivity contribution in [2.24, 2.45) is 0 Å². The van der Waals surface area contributed by atoms with Crippen LogP contribution in [0.25, 0.3) is 0 Å². The van der Waals surface area contributed by atoms with Crippen LogP contribution in [0.4, 0.5) is 0 Å². The van der Waals surface area contributed by atoms with Crippen LogP contribution in [0.2, 0.25) is 0 Å². The topological polar surface area (TPSA) is 9.23 Å². The average molecular weight is 559 g/mol.